The van der Waals surface area contributed by atoms with Crippen LogP contribution in [0.15, 0.2) is 12.3 Å². The van der Waals surface area contributed by atoms with Crippen LogP contribution in [0.5, 0.6) is 0 Å². The van der Waals surface area contributed by atoms with Gasteiger partial charge in [0.15, 0.2) is 0 Å². The molecule has 4 nitrogen and oxygen atoms in total. The maximum atomic E-state index is 11.1. The first kappa shape index (κ1) is 10.8. The molecule has 1 N–H and O–H groups in total. The molecule has 1 aromatic rings. The Morgan fingerprint density at radius 2 is 2.14 bits per heavy atom. The minimum Gasteiger partial charge on any atom is -0.481 e. The number of hydrogen-bond donors (Lipinski definition) is 1. The number of rotatable bonds is 3. The second kappa shape index (κ2) is 3.44. The third-order valence-electron chi connectivity index (χ3n) is 2.33. The molecule has 1 aromatic heterocycles. The minimum absolute atomic E-state index is 0.179. The van der Waals surface area contributed by atoms with E-state index < -0.39 is 11.4 Å². The van der Waals surface area contributed by atoms with Crippen molar-refractivity contribution in [1.29, 1.82) is 0 Å². The Kier molecular flexibility index (Phi) is 2.64. The third-order valence-corrected chi connectivity index (χ3v) is 2.33. The fraction of sp³-hybridized carbons (Fsp3) is 0.600. The van der Waals surface area contributed by atoms with Crippen molar-refractivity contribution >= 4 is 5.97 Å². The molecule has 0 spiro atoms. The Hall–Kier alpha value is -1.32. The molecule has 0 saturated heterocycles. The lowest BCUT2D eigenvalue weighted by Crippen LogP contribution is -2.32. The second-order valence-corrected chi connectivity index (χ2v) is 4.18. The summed E-state index contributed by atoms with van der Waals surface area (Å²) in [6.45, 7) is 7.33. The molecule has 0 saturated carbocycles. The molecular formula is C10H16N2O2. The van der Waals surface area contributed by atoms with Crippen molar-refractivity contribution < 1.29 is 9.90 Å². The summed E-state index contributed by atoms with van der Waals surface area (Å²) in [6, 6.07) is 1.94. The van der Waals surface area contributed by atoms with Crippen molar-refractivity contribution in [3.63, 3.8) is 0 Å². The molecule has 1 rings (SSSR count). The third kappa shape index (κ3) is 1.64. The van der Waals surface area contributed by atoms with E-state index >= 15 is 0 Å². The Bertz CT molecular complexity index is 340. The van der Waals surface area contributed by atoms with E-state index in [0.717, 1.165) is 5.69 Å². The molecule has 0 bridgehead atoms. The van der Waals surface area contributed by atoms with Crippen molar-refractivity contribution in [2.45, 2.75) is 39.2 Å². The van der Waals surface area contributed by atoms with Gasteiger partial charge in [-0.05, 0) is 33.8 Å². The Morgan fingerprint density at radius 1 is 1.57 bits per heavy atom. The number of carboxylic acid groups (broad SMARTS) is 1. The number of aliphatic carboxylic acids is 1. The highest BCUT2D eigenvalue weighted by atomic mass is 16.4. The van der Waals surface area contributed by atoms with Crippen molar-refractivity contribution in [1.82, 2.24) is 9.78 Å². The zero-order valence-electron chi connectivity index (χ0n) is 8.98. The van der Waals surface area contributed by atoms with Crippen LogP contribution in [0.2, 0.25) is 0 Å². The van der Waals surface area contributed by atoms with E-state index in [1.165, 1.54) is 0 Å². The van der Waals surface area contributed by atoms with Crippen molar-refractivity contribution in [2.24, 2.45) is 0 Å². The maximum absolute atomic E-state index is 11.1. The molecule has 78 valence electrons. The van der Waals surface area contributed by atoms with Crippen LogP contribution in [0.1, 0.15) is 39.4 Å². The molecule has 0 radical (unpaired) electrons. The van der Waals surface area contributed by atoms with Crippen LogP contribution in [0.3, 0.4) is 0 Å². The number of nitrogens with zero attached hydrogens (tertiary/aromatic N) is 2. The molecule has 1 heterocycles. The Balaban J connectivity index is 3.18. The highest BCUT2D eigenvalue weighted by Crippen LogP contribution is 2.25. The van der Waals surface area contributed by atoms with E-state index in [1.54, 1.807) is 30.8 Å². The van der Waals surface area contributed by atoms with Gasteiger partial charge in [-0.25, -0.2) is 0 Å². The minimum atomic E-state index is -0.888. The van der Waals surface area contributed by atoms with Gasteiger partial charge in [-0.1, -0.05) is 0 Å². The van der Waals surface area contributed by atoms with Gasteiger partial charge < -0.3 is 5.11 Å². The topological polar surface area (TPSA) is 55.1 Å². The summed E-state index contributed by atoms with van der Waals surface area (Å²) in [6.07, 6.45) is 1.64. The molecule has 0 aromatic carbocycles. The first-order valence-corrected chi connectivity index (χ1v) is 4.64. The van der Waals surface area contributed by atoms with Crippen molar-refractivity contribution in [3.8, 4) is 0 Å². The summed E-state index contributed by atoms with van der Waals surface area (Å²) in [5, 5.41) is 13.2. The standard InChI is InChI=1S/C10H16N2O2/c1-7(2)12-8(5-6-11-12)10(3,4)9(13)14/h5-7H,1-4H3,(H,13,14). The summed E-state index contributed by atoms with van der Waals surface area (Å²) in [5.74, 6) is -0.833. The molecule has 0 amide bonds. The van der Waals surface area contributed by atoms with Crippen molar-refractivity contribution in [3.05, 3.63) is 18.0 Å². The van der Waals surface area contributed by atoms with Crippen LogP contribution in [0.4, 0.5) is 0 Å². The van der Waals surface area contributed by atoms with Gasteiger partial charge in [0.2, 0.25) is 0 Å². The van der Waals surface area contributed by atoms with Gasteiger partial charge in [-0.3, -0.25) is 9.48 Å². The quantitative estimate of drug-likeness (QED) is 0.802. The summed E-state index contributed by atoms with van der Waals surface area (Å²) in [5.41, 5.74) is -0.152. The van der Waals surface area contributed by atoms with Crippen LogP contribution in [-0.4, -0.2) is 20.9 Å². The zero-order chi connectivity index (χ0) is 10.9. The van der Waals surface area contributed by atoms with E-state index in [-0.39, 0.29) is 6.04 Å². The Labute approximate surface area is 83.5 Å². The highest BCUT2D eigenvalue weighted by molar-refractivity contribution is 5.79. The molecule has 0 atom stereocenters. The SMILES string of the molecule is CC(C)n1nccc1C(C)(C)C(=O)O. The Morgan fingerprint density at radius 3 is 2.57 bits per heavy atom. The van der Waals surface area contributed by atoms with Gasteiger partial charge in [0.05, 0.1) is 5.69 Å². The van der Waals surface area contributed by atoms with Crippen LogP contribution in [-0.2, 0) is 10.2 Å². The molecule has 0 aliphatic rings. The monoisotopic (exact) mass is 196 g/mol. The molecule has 0 aliphatic carbocycles. The number of hydrogen-bond acceptors (Lipinski definition) is 2. The molecular weight excluding hydrogens is 180 g/mol. The fourth-order valence-electron chi connectivity index (χ4n) is 1.33. The van der Waals surface area contributed by atoms with E-state index in [0.29, 0.717) is 0 Å². The number of carboxylic acids is 1. The van der Waals surface area contributed by atoms with Crippen LogP contribution >= 0.6 is 0 Å². The summed E-state index contributed by atoms with van der Waals surface area (Å²) in [7, 11) is 0. The van der Waals surface area contributed by atoms with E-state index in [1.807, 2.05) is 13.8 Å². The molecule has 0 fully saturated rings. The van der Waals surface area contributed by atoms with Crippen molar-refractivity contribution in [2.75, 3.05) is 0 Å². The van der Waals surface area contributed by atoms with E-state index in [4.69, 9.17) is 5.11 Å². The number of aromatic nitrogens is 2. The first-order chi connectivity index (χ1) is 6.37. The second-order valence-electron chi connectivity index (χ2n) is 4.18. The van der Waals surface area contributed by atoms with Gasteiger partial charge in [0.1, 0.15) is 5.41 Å². The van der Waals surface area contributed by atoms with Gasteiger partial charge in [0.25, 0.3) is 0 Å². The summed E-state index contributed by atoms with van der Waals surface area (Å²) < 4.78 is 1.74. The smallest absolute Gasteiger partial charge is 0.315 e. The van der Waals surface area contributed by atoms with E-state index in [2.05, 4.69) is 5.10 Å². The molecule has 0 aliphatic heterocycles. The fourth-order valence-corrected chi connectivity index (χ4v) is 1.33. The van der Waals surface area contributed by atoms with Crippen LogP contribution < -0.4 is 0 Å². The van der Waals surface area contributed by atoms with Gasteiger partial charge >= 0.3 is 5.97 Å². The zero-order valence-corrected chi connectivity index (χ0v) is 8.98. The summed E-state index contributed by atoms with van der Waals surface area (Å²) >= 11 is 0. The van der Waals surface area contributed by atoms with Crippen LogP contribution in [0, 0.1) is 0 Å². The predicted molar refractivity (Wildman–Crippen MR) is 53.3 cm³/mol. The highest BCUT2D eigenvalue weighted by Gasteiger charge is 2.33. The lowest BCUT2D eigenvalue weighted by molar-refractivity contribution is -0.142. The average Bonchev–Trinajstić information content (AvgIpc) is 2.51. The van der Waals surface area contributed by atoms with E-state index in [9.17, 15) is 4.79 Å². The van der Waals surface area contributed by atoms with Gasteiger partial charge in [-0.2, -0.15) is 5.10 Å². The summed E-state index contributed by atoms with van der Waals surface area (Å²) in [4.78, 5) is 11.1. The van der Waals surface area contributed by atoms with Gasteiger partial charge in [-0.15, -0.1) is 0 Å². The lowest BCUT2D eigenvalue weighted by atomic mass is 9.89. The average molecular weight is 196 g/mol. The number of carbonyl (C=O) groups is 1. The molecule has 0 unspecified atom stereocenters. The lowest BCUT2D eigenvalue weighted by Gasteiger charge is -2.22. The molecule has 4 heteroatoms. The van der Waals surface area contributed by atoms with Gasteiger partial charge in [0, 0.05) is 12.2 Å². The normalized spacial score (nSPS) is 12.1. The van der Waals surface area contributed by atoms with Crippen LogP contribution in [0.25, 0.3) is 0 Å². The molecule has 14 heavy (non-hydrogen) atoms. The predicted octanol–water partition coefficient (Wildman–Crippen LogP) is 1.83. The largest absolute Gasteiger partial charge is 0.481 e. The maximum Gasteiger partial charge on any atom is 0.315 e. The first-order valence-electron chi connectivity index (χ1n) is 4.64.